The van der Waals surface area contributed by atoms with Gasteiger partial charge in [0.1, 0.15) is 6.33 Å². The second kappa shape index (κ2) is 4.85. The van der Waals surface area contributed by atoms with E-state index in [9.17, 15) is 18.0 Å². The Morgan fingerprint density at radius 1 is 1.32 bits per heavy atom. The van der Waals surface area contributed by atoms with Crippen molar-refractivity contribution in [3.63, 3.8) is 0 Å². The van der Waals surface area contributed by atoms with Crippen LogP contribution in [0.25, 0.3) is 5.69 Å². The second-order valence-electron chi connectivity index (χ2n) is 3.86. The van der Waals surface area contributed by atoms with Gasteiger partial charge in [-0.1, -0.05) is 6.07 Å². The molecule has 100 valence electrons. The monoisotopic (exact) mass is 269 g/mol. The highest BCUT2D eigenvalue weighted by atomic mass is 19.4. The molecule has 0 amide bonds. The number of benzene rings is 1. The van der Waals surface area contributed by atoms with Crippen LogP contribution in [0.5, 0.6) is 0 Å². The maximum atomic E-state index is 12.6. The van der Waals surface area contributed by atoms with Crippen molar-refractivity contribution < 1.29 is 13.2 Å². The van der Waals surface area contributed by atoms with E-state index in [1.165, 1.54) is 22.9 Å². The Labute approximate surface area is 106 Å². The summed E-state index contributed by atoms with van der Waals surface area (Å²) in [5.74, 6) is 0. The van der Waals surface area contributed by atoms with Gasteiger partial charge in [0, 0.05) is 24.0 Å². The highest BCUT2D eigenvalue weighted by Gasteiger charge is 2.30. The first kappa shape index (κ1) is 13.3. The number of hydrogen-bond acceptors (Lipinski definition) is 3. The van der Waals surface area contributed by atoms with Crippen molar-refractivity contribution in [2.45, 2.75) is 12.7 Å². The van der Waals surface area contributed by atoms with Gasteiger partial charge in [-0.2, -0.15) is 18.2 Å². The zero-order chi connectivity index (χ0) is 14.0. The number of rotatable bonds is 2. The van der Waals surface area contributed by atoms with Crippen molar-refractivity contribution in [1.29, 1.82) is 0 Å². The van der Waals surface area contributed by atoms with E-state index in [1.54, 1.807) is 0 Å². The van der Waals surface area contributed by atoms with E-state index in [0.29, 0.717) is 0 Å². The maximum Gasteiger partial charge on any atom is 0.416 e. The van der Waals surface area contributed by atoms with Gasteiger partial charge in [0.15, 0.2) is 0 Å². The molecule has 2 N–H and O–H groups in total. The molecule has 2 rings (SSSR count). The Morgan fingerprint density at radius 3 is 2.68 bits per heavy atom. The van der Waals surface area contributed by atoms with Gasteiger partial charge in [0.2, 0.25) is 0 Å². The molecule has 1 heterocycles. The van der Waals surface area contributed by atoms with Crippen LogP contribution < -0.4 is 11.3 Å². The Balaban J connectivity index is 2.50. The first-order valence-corrected chi connectivity index (χ1v) is 5.36. The summed E-state index contributed by atoms with van der Waals surface area (Å²) < 4.78 is 39.1. The Morgan fingerprint density at radius 2 is 2.05 bits per heavy atom. The summed E-state index contributed by atoms with van der Waals surface area (Å²) in [6, 6.07) is 4.73. The van der Waals surface area contributed by atoms with E-state index >= 15 is 0 Å². The van der Waals surface area contributed by atoms with E-state index in [4.69, 9.17) is 5.73 Å². The van der Waals surface area contributed by atoms with E-state index in [0.717, 1.165) is 18.5 Å². The summed E-state index contributed by atoms with van der Waals surface area (Å²) >= 11 is 0. The molecule has 0 aliphatic rings. The Kier molecular flexibility index (Phi) is 3.39. The van der Waals surface area contributed by atoms with E-state index in [-0.39, 0.29) is 17.8 Å². The Hall–Kier alpha value is -2.15. The number of alkyl halides is 3. The molecule has 2 aromatic rings. The molecule has 0 radical (unpaired) electrons. The zero-order valence-electron chi connectivity index (χ0n) is 9.69. The summed E-state index contributed by atoms with van der Waals surface area (Å²) in [7, 11) is 0. The fourth-order valence-corrected chi connectivity index (χ4v) is 1.58. The molecule has 0 unspecified atom stereocenters. The fraction of sp³-hybridized carbons (Fsp3) is 0.167. The molecule has 0 aliphatic heterocycles. The third-order valence-corrected chi connectivity index (χ3v) is 2.56. The van der Waals surface area contributed by atoms with Crippen molar-refractivity contribution in [3.05, 3.63) is 58.3 Å². The summed E-state index contributed by atoms with van der Waals surface area (Å²) in [4.78, 5) is 14.8. The van der Waals surface area contributed by atoms with Crippen molar-refractivity contribution in [3.8, 4) is 5.69 Å². The number of aromatic nitrogens is 2. The fourth-order valence-electron chi connectivity index (χ4n) is 1.58. The van der Waals surface area contributed by atoms with Gasteiger partial charge in [0.05, 0.1) is 5.56 Å². The zero-order valence-corrected chi connectivity index (χ0v) is 9.69. The molecule has 1 aromatic carbocycles. The quantitative estimate of drug-likeness (QED) is 0.902. The first-order valence-electron chi connectivity index (χ1n) is 5.36. The molecule has 4 nitrogen and oxygen atoms in total. The van der Waals surface area contributed by atoms with Crippen LogP contribution in [0.2, 0.25) is 0 Å². The minimum atomic E-state index is -4.42. The second-order valence-corrected chi connectivity index (χ2v) is 3.86. The SMILES string of the molecule is NCc1cn(-c2cccc(C(F)(F)F)c2)cnc1=O. The Bertz CT molecular complexity index is 649. The number of nitrogens with two attached hydrogens (primary N) is 1. The predicted octanol–water partition coefficient (Wildman–Crippen LogP) is 1.71. The highest BCUT2D eigenvalue weighted by molar-refractivity contribution is 5.37. The van der Waals surface area contributed by atoms with E-state index in [1.807, 2.05) is 0 Å². The van der Waals surface area contributed by atoms with Crippen LogP contribution in [0, 0.1) is 0 Å². The molecule has 0 saturated carbocycles. The van der Waals surface area contributed by atoms with E-state index < -0.39 is 17.3 Å². The van der Waals surface area contributed by atoms with Crippen molar-refractivity contribution in [2.75, 3.05) is 0 Å². The smallest absolute Gasteiger partial charge is 0.326 e. The van der Waals surface area contributed by atoms with Crippen molar-refractivity contribution >= 4 is 0 Å². The molecule has 7 heteroatoms. The van der Waals surface area contributed by atoms with Gasteiger partial charge in [-0.25, -0.2) is 0 Å². The lowest BCUT2D eigenvalue weighted by Gasteiger charge is -2.11. The van der Waals surface area contributed by atoms with Crippen molar-refractivity contribution in [2.24, 2.45) is 5.73 Å². The molecular weight excluding hydrogens is 259 g/mol. The average molecular weight is 269 g/mol. The molecule has 0 fully saturated rings. The van der Waals surface area contributed by atoms with Gasteiger partial charge in [0.25, 0.3) is 5.56 Å². The average Bonchev–Trinajstić information content (AvgIpc) is 2.38. The summed E-state index contributed by atoms with van der Waals surface area (Å²) in [5, 5.41) is 0. The number of nitrogens with zero attached hydrogens (tertiary/aromatic N) is 2. The normalized spacial score (nSPS) is 11.6. The topological polar surface area (TPSA) is 60.9 Å². The molecule has 0 saturated heterocycles. The first-order chi connectivity index (χ1) is 8.91. The lowest BCUT2D eigenvalue weighted by atomic mass is 10.2. The molecular formula is C12H10F3N3O. The third kappa shape index (κ3) is 2.82. The number of hydrogen-bond donors (Lipinski definition) is 1. The van der Waals surface area contributed by atoms with Gasteiger partial charge in [-0.15, -0.1) is 0 Å². The number of halogens is 3. The van der Waals surface area contributed by atoms with Crippen LogP contribution in [0.4, 0.5) is 13.2 Å². The molecule has 0 spiro atoms. The third-order valence-electron chi connectivity index (χ3n) is 2.56. The van der Waals surface area contributed by atoms with Crippen molar-refractivity contribution in [1.82, 2.24) is 9.55 Å². The predicted molar refractivity (Wildman–Crippen MR) is 62.7 cm³/mol. The van der Waals surface area contributed by atoms with Gasteiger partial charge in [-0.3, -0.25) is 4.79 Å². The summed E-state index contributed by atoms with van der Waals surface area (Å²) in [6.07, 6.45) is -1.87. The van der Waals surface area contributed by atoms with Crippen LogP contribution in [0.15, 0.2) is 41.6 Å². The maximum absolute atomic E-state index is 12.6. The standard InChI is InChI=1S/C12H10F3N3O/c13-12(14,15)9-2-1-3-10(4-9)18-6-8(5-16)11(19)17-7-18/h1-4,6-7H,5,16H2. The minimum absolute atomic E-state index is 0.0222. The summed E-state index contributed by atoms with van der Waals surface area (Å²) in [6.45, 7) is -0.0222. The summed E-state index contributed by atoms with van der Waals surface area (Å²) in [5.41, 5.74) is 4.61. The van der Waals surface area contributed by atoms with Crippen LogP contribution in [0.3, 0.4) is 0 Å². The van der Waals surface area contributed by atoms with Gasteiger partial charge in [-0.05, 0) is 18.2 Å². The van der Waals surface area contributed by atoms with Crippen LogP contribution >= 0.6 is 0 Å². The van der Waals surface area contributed by atoms with Crippen LogP contribution in [0.1, 0.15) is 11.1 Å². The van der Waals surface area contributed by atoms with E-state index in [2.05, 4.69) is 4.98 Å². The van der Waals surface area contributed by atoms with Crippen LogP contribution in [-0.4, -0.2) is 9.55 Å². The van der Waals surface area contributed by atoms with Gasteiger partial charge < -0.3 is 10.3 Å². The molecule has 0 atom stereocenters. The molecule has 0 bridgehead atoms. The highest BCUT2D eigenvalue weighted by Crippen LogP contribution is 2.30. The molecule has 1 aromatic heterocycles. The lowest BCUT2D eigenvalue weighted by Crippen LogP contribution is -2.18. The molecule has 19 heavy (non-hydrogen) atoms. The minimum Gasteiger partial charge on any atom is -0.326 e. The van der Waals surface area contributed by atoms with Gasteiger partial charge >= 0.3 is 6.18 Å². The van der Waals surface area contributed by atoms with Crippen LogP contribution in [-0.2, 0) is 12.7 Å². The largest absolute Gasteiger partial charge is 0.416 e. The lowest BCUT2D eigenvalue weighted by molar-refractivity contribution is -0.137. The molecule has 0 aliphatic carbocycles.